The van der Waals surface area contributed by atoms with E-state index in [2.05, 4.69) is 10.0 Å². The van der Waals surface area contributed by atoms with Crippen molar-refractivity contribution in [2.24, 2.45) is 0 Å². The zero-order chi connectivity index (χ0) is 18.9. The second-order valence-corrected chi connectivity index (χ2v) is 8.12. The Morgan fingerprint density at radius 3 is 2.73 bits per heavy atom. The normalized spacial score (nSPS) is 19.8. The number of rotatable bonds is 6. The van der Waals surface area contributed by atoms with Crippen molar-refractivity contribution in [2.75, 3.05) is 5.32 Å². The number of carbonyl (C=O) groups is 1. The van der Waals surface area contributed by atoms with Gasteiger partial charge in [0.1, 0.15) is 17.4 Å². The van der Waals surface area contributed by atoms with E-state index in [0.29, 0.717) is 24.1 Å². The number of halogens is 1. The van der Waals surface area contributed by atoms with Gasteiger partial charge in [-0.3, -0.25) is 4.79 Å². The molecule has 9 heteroatoms. The molecule has 1 aliphatic rings. The Morgan fingerprint density at radius 1 is 1.35 bits per heavy atom. The molecule has 2 atom stereocenters. The van der Waals surface area contributed by atoms with Crippen LogP contribution in [0.5, 0.6) is 0 Å². The smallest absolute Gasteiger partial charge is 0.272 e. The molecule has 0 saturated heterocycles. The fourth-order valence-electron chi connectivity index (χ4n) is 2.72. The lowest BCUT2D eigenvalue weighted by Crippen LogP contribution is -2.50. The first-order chi connectivity index (χ1) is 12.2. The summed E-state index contributed by atoms with van der Waals surface area (Å²) in [6.07, 6.45) is 1.98. The number of sulfonamides is 1. The predicted molar refractivity (Wildman–Crippen MR) is 94.6 cm³/mol. The molecule has 26 heavy (non-hydrogen) atoms. The van der Waals surface area contributed by atoms with E-state index >= 15 is 0 Å². The summed E-state index contributed by atoms with van der Waals surface area (Å²) in [7, 11) is -3.72. The summed E-state index contributed by atoms with van der Waals surface area (Å²) in [6, 6.07) is 6.77. The van der Waals surface area contributed by atoms with Gasteiger partial charge in [0.05, 0.1) is 6.10 Å². The minimum Gasteiger partial charge on any atom is -0.391 e. The molecular formula is C17H20FN3O4S. The number of hydrogen-bond acceptors (Lipinski definition) is 4. The van der Waals surface area contributed by atoms with Gasteiger partial charge in [-0.05, 0) is 55.7 Å². The third kappa shape index (κ3) is 4.12. The Balaban J connectivity index is 1.71. The number of benzene rings is 1. The zero-order valence-corrected chi connectivity index (χ0v) is 15.0. The van der Waals surface area contributed by atoms with Gasteiger partial charge in [-0.1, -0.05) is 0 Å². The van der Waals surface area contributed by atoms with Gasteiger partial charge in [0, 0.05) is 17.9 Å². The largest absolute Gasteiger partial charge is 0.391 e. The molecule has 3 rings (SSSR count). The van der Waals surface area contributed by atoms with Crippen LogP contribution in [0.3, 0.4) is 0 Å². The molecule has 1 amide bonds. The second-order valence-electron chi connectivity index (χ2n) is 6.39. The van der Waals surface area contributed by atoms with E-state index in [0.717, 1.165) is 0 Å². The monoisotopic (exact) mass is 381 g/mol. The molecule has 2 unspecified atom stereocenters. The fourth-order valence-corrected chi connectivity index (χ4v) is 4.12. The van der Waals surface area contributed by atoms with Gasteiger partial charge in [0.25, 0.3) is 5.91 Å². The molecule has 0 aliphatic heterocycles. The molecule has 0 bridgehead atoms. The number of anilines is 1. The van der Waals surface area contributed by atoms with E-state index in [1.807, 2.05) is 0 Å². The van der Waals surface area contributed by atoms with Crippen molar-refractivity contribution in [3.63, 3.8) is 0 Å². The first kappa shape index (κ1) is 18.6. The molecule has 140 valence electrons. The maximum Gasteiger partial charge on any atom is 0.272 e. The predicted octanol–water partition coefficient (Wildman–Crippen LogP) is 1.59. The number of nitrogens with zero attached hydrogens (tertiary/aromatic N) is 1. The number of aryl methyl sites for hydroxylation is 1. The van der Waals surface area contributed by atoms with Crippen molar-refractivity contribution in [1.82, 2.24) is 9.29 Å². The minimum atomic E-state index is -3.72. The zero-order valence-electron chi connectivity index (χ0n) is 14.1. The van der Waals surface area contributed by atoms with Gasteiger partial charge >= 0.3 is 0 Å². The van der Waals surface area contributed by atoms with Crippen molar-refractivity contribution < 1.29 is 22.7 Å². The lowest BCUT2D eigenvalue weighted by atomic mass is 9.90. The lowest BCUT2D eigenvalue weighted by Gasteiger charge is -2.32. The maximum atomic E-state index is 13.3. The van der Waals surface area contributed by atoms with Crippen LogP contribution < -0.4 is 10.0 Å². The highest BCUT2D eigenvalue weighted by atomic mass is 32.2. The van der Waals surface area contributed by atoms with Crippen LogP contribution in [-0.4, -0.2) is 36.1 Å². The van der Waals surface area contributed by atoms with Gasteiger partial charge in [0.2, 0.25) is 10.0 Å². The van der Waals surface area contributed by atoms with Gasteiger partial charge in [0.15, 0.2) is 0 Å². The Hall–Kier alpha value is -2.23. The highest BCUT2D eigenvalue weighted by molar-refractivity contribution is 7.88. The van der Waals surface area contributed by atoms with E-state index in [1.54, 1.807) is 13.0 Å². The molecule has 1 heterocycles. The molecule has 1 fully saturated rings. The summed E-state index contributed by atoms with van der Waals surface area (Å²) in [5.74, 6) is -1.31. The molecule has 1 saturated carbocycles. The molecular weight excluding hydrogens is 361 g/mol. The Kier molecular flexibility index (Phi) is 5.12. The summed E-state index contributed by atoms with van der Waals surface area (Å²) in [6.45, 7) is 1.58. The number of aromatic nitrogens is 1. The quantitative estimate of drug-likeness (QED) is 0.707. The van der Waals surface area contributed by atoms with Crippen molar-refractivity contribution in [3.05, 3.63) is 53.6 Å². The van der Waals surface area contributed by atoms with Crippen LogP contribution in [0.2, 0.25) is 0 Å². The van der Waals surface area contributed by atoms with Gasteiger partial charge in [-0.15, -0.1) is 0 Å². The van der Waals surface area contributed by atoms with Crippen LogP contribution in [0.1, 0.15) is 28.9 Å². The molecule has 0 radical (unpaired) electrons. The number of aliphatic hydroxyl groups excluding tert-OH is 1. The Bertz CT molecular complexity index is 926. The fraction of sp³-hybridized carbons (Fsp3) is 0.353. The molecule has 2 aromatic rings. The average Bonchev–Trinajstić information content (AvgIpc) is 3.02. The molecule has 1 aromatic carbocycles. The molecule has 0 spiro atoms. The van der Waals surface area contributed by atoms with Gasteiger partial charge in [-0.2, -0.15) is 0 Å². The molecule has 7 nitrogen and oxygen atoms in total. The summed E-state index contributed by atoms with van der Waals surface area (Å²) in [4.78, 5) is 12.4. The highest BCUT2D eigenvalue weighted by Gasteiger charge is 2.32. The number of nitrogens with one attached hydrogen (secondary N) is 2. The number of amides is 1. The van der Waals surface area contributed by atoms with Crippen LogP contribution in [0, 0.1) is 12.7 Å². The highest BCUT2D eigenvalue weighted by Crippen LogP contribution is 2.21. The summed E-state index contributed by atoms with van der Waals surface area (Å²) >= 11 is 0. The van der Waals surface area contributed by atoms with Gasteiger partial charge < -0.3 is 15.0 Å². The van der Waals surface area contributed by atoms with E-state index in [9.17, 15) is 22.7 Å². The van der Waals surface area contributed by atoms with E-state index in [4.69, 9.17) is 0 Å². The average molecular weight is 381 g/mol. The third-order valence-electron chi connectivity index (χ3n) is 4.36. The maximum absolute atomic E-state index is 13.3. The van der Waals surface area contributed by atoms with Crippen LogP contribution >= 0.6 is 0 Å². The van der Waals surface area contributed by atoms with E-state index in [-0.39, 0.29) is 11.5 Å². The summed E-state index contributed by atoms with van der Waals surface area (Å²) in [5, 5.41) is 12.1. The van der Waals surface area contributed by atoms with Crippen molar-refractivity contribution in [1.29, 1.82) is 0 Å². The van der Waals surface area contributed by atoms with Gasteiger partial charge in [-0.25, -0.2) is 17.5 Å². The lowest BCUT2D eigenvalue weighted by molar-refractivity contribution is 0.0611. The van der Waals surface area contributed by atoms with E-state index in [1.165, 1.54) is 35.0 Å². The Morgan fingerprint density at radius 2 is 2.12 bits per heavy atom. The van der Waals surface area contributed by atoms with Crippen molar-refractivity contribution >= 4 is 21.6 Å². The first-order valence-corrected chi connectivity index (χ1v) is 9.81. The molecule has 1 aliphatic carbocycles. The Labute approximate surface area is 150 Å². The second kappa shape index (κ2) is 7.18. The van der Waals surface area contributed by atoms with Crippen LogP contribution in [0.15, 0.2) is 36.5 Å². The van der Waals surface area contributed by atoms with Crippen LogP contribution in [0.25, 0.3) is 0 Å². The van der Waals surface area contributed by atoms with Crippen LogP contribution in [0.4, 0.5) is 10.1 Å². The SMILES string of the molecule is Cc1cc(NC(=O)c2cccn2CS(=O)(=O)NC2CCC2O)ccc1F. The third-order valence-corrected chi connectivity index (χ3v) is 5.64. The van der Waals surface area contributed by atoms with Crippen LogP contribution in [-0.2, 0) is 15.9 Å². The van der Waals surface area contributed by atoms with Crippen molar-refractivity contribution in [3.8, 4) is 0 Å². The number of carbonyl (C=O) groups excluding carboxylic acids is 1. The number of aliphatic hydroxyl groups is 1. The molecule has 1 aromatic heterocycles. The van der Waals surface area contributed by atoms with E-state index < -0.39 is 34.0 Å². The molecule has 3 N–H and O–H groups in total. The number of hydrogen-bond donors (Lipinski definition) is 3. The standard InChI is InChI=1S/C17H20FN3O4S/c1-11-9-12(4-5-13(11)18)19-17(23)15-3-2-8-21(15)10-26(24,25)20-14-6-7-16(14)22/h2-5,8-9,14,16,20,22H,6-7,10H2,1H3,(H,19,23). The minimum absolute atomic E-state index is 0.159. The summed E-state index contributed by atoms with van der Waals surface area (Å²) in [5.41, 5.74) is 0.968. The van der Waals surface area contributed by atoms with Crippen molar-refractivity contribution in [2.45, 2.75) is 37.8 Å². The summed E-state index contributed by atoms with van der Waals surface area (Å²) < 4.78 is 41.6. The first-order valence-electron chi connectivity index (χ1n) is 8.16. The topological polar surface area (TPSA) is 100 Å².